The molecule has 2 heteroatoms. The van der Waals surface area contributed by atoms with E-state index in [0.717, 1.165) is 18.9 Å². The van der Waals surface area contributed by atoms with Crippen LogP contribution in [-0.2, 0) is 4.79 Å². The SMILES string of the molecule is CC1C(=O)CCN(CC2(C(C)C)CC2)C1C. The quantitative estimate of drug-likeness (QED) is 0.733. The molecule has 2 nitrogen and oxygen atoms in total. The van der Waals surface area contributed by atoms with Gasteiger partial charge in [-0.1, -0.05) is 20.8 Å². The van der Waals surface area contributed by atoms with Crippen molar-refractivity contribution in [3.8, 4) is 0 Å². The Balaban J connectivity index is 1.98. The smallest absolute Gasteiger partial charge is 0.138 e. The minimum Gasteiger partial charge on any atom is -0.299 e. The summed E-state index contributed by atoms with van der Waals surface area (Å²) in [6.07, 6.45) is 3.53. The first-order valence-electron chi connectivity index (χ1n) is 6.73. The first-order chi connectivity index (χ1) is 7.46. The fourth-order valence-electron chi connectivity index (χ4n) is 2.98. The minimum absolute atomic E-state index is 0.233. The number of Topliss-reactive ketones (excluding diaryl/α,β-unsaturated/α-hetero) is 1. The number of rotatable bonds is 3. The van der Waals surface area contributed by atoms with Crippen molar-refractivity contribution in [2.45, 2.75) is 53.0 Å². The van der Waals surface area contributed by atoms with E-state index in [9.17, 15) is 4.79 Å². The van der Waals surface area contributed by atoms with E-state index in [4.69, 9.17) is 0 Å². The van der Waals surface area contributed by atoms with Crippen LogP contribution in [0, 0.1) is 17.3 Å². The molecule has 2 fully saturated rings. The highest BCUT2D eigenvalue weighted by Crippen LogP contribution is 2.52. The van der Waals surface area contributed by atoms with E-state index >= 15 is 0 Å². The Morgan fingerprint density at radius 3 is 2.50 bits per heavy atom. The fraction of sp³-hybridized carbons (Fsp3) is 0.929. The summed E-state index contributed by atoms with van der Waals surface area (Å²) >= 11 is 0. The molecule has 16 heavy (non-hydrogen) atoms. The Labute approximate surface area is 99.4 Å². The van der Waals surface area contributed by atoms with Crippen LogP contribution in [-0.4, -0.2) is 29.8 Å². The number of hydrogen-bond acceptors (Lipinski definition) is 2. The maximum Gasteiger partial charge on any atom is 0.138 e. The molecule has 92 valence electrons. The second kappa shape index (κ2) is 4.14. The predicted octanol–water partition coefficient (Wildman–Crippen LogP) is 2.72. The zero-order chi connectivity index (χ0) is 11.9. The lowest BCUT2D eigenvalue weighted by Crippen LogP contribution is -2.49. The number of nitrogens with zero attached hydrogens (tertiary/aromatic N) is 1. The van der Waals surface area contributed by atoms with E-state index < -0.39 is 0 Å². The second-order valence-corrected chi connectivity index (χ2v) is 6.23. The molecular weight excluding hydrogens is 198 g/mol. The molecule has 1 heterocycles. The van der Waals surface area contributed by atoms with Gasteiger partial charge in [0.05, 0.1) is 0 Å². The second-order valence-electron chi connectivity index (χ2n) is 6.23. The molecule has 1 saturated heterocycles. The Bertz CT molecular complexity index is 280. The molecule has 2 rings (SSSR count). The Kier molecular flexibility index (Phi) is 3.13. The van der Waals surface area contributed by atoms with Crippen LogP contribution in [0.3, 0.4) is 0 Å². The summed E-state index contributed by atoms with van der Waals surface area (Å²) in [5, 5.41) is 0. The highest BCUT2D eigenvalue weighted by atomic mass is 16.1. The van der Waals surface area contributed by atoms with Crippen molar-refractivity contribution in [2.24, 2.45) is 17.3 Å². The fourth-order valence-corrected chi connectivity index (χ4v) is 2.98. The molecule has 0 radical (unpaired) electrons. The Morgan fingerprint density at radius 2 is 2.00 bits per heavy atom. The normalized spacial score (nSPS) is 34.4. The van der Waals surface area contributed by atoms with Gasteiger partial charge < -0.3 is 0 Å². The van der Waals surface area contributed by atoms with Gasteiger partial charge >= 0.3 is 0 Å². The van der Waals surface area contributed by atoms with Crippen LogP contribution in [0.4, 0.5) is 0 Å². The number of ketones is 1. The number of carbonyl (C=O) groups excluding carboxylic acids is 1. The van der Waals surface area contributed by atoms with Crippen molar-refractivity contribution >= 4 is 5.78 Å². The molecule has 2 unspecified atom stereocenters. The van der Waals surface area contributed by atoms with Crippen molar-refractivity contribution in [3.63, 3.8) is 0 Å². The first kappa shape index (κ1) is 12.1. The summed E-state index contributed by atoms with van der Waals surface area (Å²) < 4.78 is 0. The van der Waals surface area contributed by atoms with Gasteiger partial charge in [0.2, 0.25) is 0 Å². The zero-order valence-electron chi connectivity index (χ0n) is 11.1. The topological polar surface area (TPSA) is 20.3 Å². The third-order valence-electron chi connectivity index (χ3n) is 5.09. The molecule has 0 aromatic carbocycles. The van der Waals surface area contributed by atoms with Crippen LogP contribution in [0.15, 0.2) is 0 Å². The van der Waals surface area contributed by atoms with Crippen LogP contribution < -0.4 is 0 Å². The maximum atomic E-state index is 11.6. The summed E-state index contributed by atoms with van der Waals surface area (Å²) in [7, 11) is 0. The van der Waals surface area contributed by atoms with Crippen LogP contribution >= 0.6 is 0 Å². The molecule has 2 aliphatic rings. The Morgan fingerprint density at radius 1 is 1.38 bits per heavy atom. The molecule has 0 aromatic heterocycles. The van der Waals surface area contributed by atoms with E-state index in [1.165, 1.54) is 19.4 Å². The van der Waals surface area contributed by atoms with Crippen molar-refractivity contribution in [2.75, 3.05) is 13.1 Å². The number of hydrogen-bond donors (Lipinski definition) is 0. The molecule has 1 aliphatic carbocycles. The van der Waals surface area contributed by atoms with Crippen molar-refractivity contribution < 1.29 is 4.79 Å². The third-order valence-corrected chi connectivity index (χ3v) is 5.09. The molecule has 1 aliphatic heterocycles. The number of likely N-dealkylation sites (tertiary alicyclic amines) is 1. The molecule has 0 N–H and O–H groups in total. The molecule has 1 saturated carbocycles. The summed E-state index contributed by atoms with van der Waals surface area (Å²) in [4.78, 5) is 14.2. The summed E-state index contributed by atoms with van der Waals surface area (Å²) in [6.45, 7) is 11.2. The van der Waals surface area contributed by atoms with Gasteiger partial charge in [0.15, 0.2) is 0 Å². The zero-order valence-corrected chi connectivity index (χ0v) is 11.1. The maximum absolute atomic E-state index is 11.6. The van der Waals surface area contributed by atoms with Crippen molar-refractivity contribution in [1.82, 2.24) is 4.90 Å². The van der Waals surface area contributed by atoms with Crippen molar-refractivity contribution in [1.29, 1.82) is 0 Å². The van der Waals surface area contributed by atoms with Crippen molar-refractivity contribution in [3.05, 3.63) is 0 Å². The van der Waals surface area contributed by atoms with Crippen LogP contribution in [0.25, 0.3) is 0 Å². The molecule has 0 aromatic rings. The van der Waals surface area contributed by atoms with E-state index in [1.54, 1.807) is 0 Å². The highest BCUT2D eigenvalue weighted by Gasteiger charge is 2.47. The molecule has 2 atom stereocenters. The lowest BCUT2D eigenvalue weighted by molar-refractivity contribution is -0.128. The average Bonchev–Trinajstić information content (AvgIpc) is 3.00. The van der Waals surface area contributed by atoms with Gasteiger partial charge in [-0.15, -0.1) is 0 Å². The molecular formula is C14H25NO. The number of piperidine rings is 1. The van der Waals surface area contributed by atoms with Crippen LogP contribution in [0.2, 0.25) is 0 Å². The Hall–Kier alpha value is -0.370. The van der Waals surface area contributed by atoms with E-state index in [2.05, 4.69) is 32.6 Å². The van der Waals surface area contributed by atoms with Gasteiger partial charge in [-0.3, -0.25) is 9.69 Å². The van der Waals surface area contributed by atoms with Gasteiger partial charge in [0.25, 0.3) is 0 Å². The number of carbonyl (C=O) groups is 1. The average molecular weight is 223 g/mol. The van der Waals surface area contributed by atoms with E-state index in [-0.39, 0.29) is 5.92 Å². The van der Waals surface area contributed by atoms with Crippen LogP contribution in [0.5, 0.6) is 0 Å². The van der Waals surface area contributed by atoms with Gasteiger partial charge in [-0.25, -0.2) is 0 Å². The predicted molar refractivity (Wildman–Crippen MR) is 66.3 cm³/mol. The lowest BCUT2D eigenvalue weighted by atomic mass is 9.86. The van der Waals surface area contributed by atoms with Crippen LogP contribution in [0.1, 0.15) is 47.0 Å². The van der Waals surface area contributed by atoms with E-state index in [0.29, 0.717) is 17.2 Å². The standard InChI is InChI=1S/C14H25NO/c1-10(2)14(6-7-14)9-15-8-5-13(16)11(3)12(15)4/h10-12H,5-9H2,1-4H3. The van der Waals surface area contributed by atoms with Gasteiger partial charge in [0.1, 0.15) is 5.78 Å². The van der Waals surface area contributed by atoms with Gasteiger partial charge in [-0.05, 0) is 31.1 Å². The summed E-state index contributed by atoms with van der Waals surface area (Å²) in [5.74, 6) is 1.47. The summed E-state index contributed by atoms with van der Waals surface area (Å²) in [5.41, 5.74) is 0.578. The largest absolute Gasteiger partial charge is 0.299 e. The first-order valence-corrected chi connectivity index (χ1v) is 6.73. The summed E-state index contributed by atoms with van der Waals surface area (Å²) in [6, 6.07) is 0.442. The molecule has 0 bridgehead atoms. The highest BCUT2D eigenvalue weighted by molar-refractivity contribution is 5.82. The van der Waals surface area contributed by atoms with Gasteiger partial charge in [0, 0.05) is 31.5 Å². The minimum atomic E-state index is 0.233. The third kappa shape index (κ3) is 2.04. The van der Waals surface area contributed by atoms with Gasteiger partial charge in [-0.2, -0.15) is 0 Å². The molecule has 0 amide bonds. The lowest BCUT2D eigenvalue weighted by Gasteiger charge is -2.40. The monoisotopic (exact) mass is 223 g/mol. The van der Waals surface area contributed by atoms with E-state index in [1.807, 2.05) is 0 Å². The molecule has 0 spiro atoms.